The van der Waals surface area contributed by atoms with Gasteiger partial charge < -0.3 is 4.90 Å². The number of fused-ring (bicyclic) bond motifs is 1. The number of nitro groups is 1. The first-order valence-electron chi connectivity index (χ1n) is 11.4. The Balaban J connectivity index is 1.81. The molecule has 0 bridgehead atoms. The number of aromatic nitrogens is 2. The molecule has 8 nitrogen and oxygen atoms in total. The second-order valence-corrected chi connectivity index (χ2v) is 8.39. The van der Waals surface area contributed by atoms with E-state index in [1.54, 1.807) is 46.7 Å². The summed E-state index contributed by atoms with van der Waals surface area (Å²) >= 11 is 0. The van der Waals surface area contributed by atoms with Crippen LogP contribution in [0.4, 0.5) is 5.69 Å². The topological polar surface area (TPSA) is 98.3 Å². The number of aryl methyl sites for hydroxylation is 1. The maximum atomic E-state index is 13.5. The number of carbonyl (C=O) groups is 1. The van der Waals surface area contributed by atoms with Crippen LogP contribution in [0.3, 0.4) is 0 Å². The number of nitrogens with zero attached hydrogens (tertiary/aromatic N) is 4. The first-order chi connectivity index (χ1) is 16.8. The normalized spacial score (nSPS) is 11.9. The van der Waals surface area contributed by atoms with Crippen molar-refractivity contribution >= 4 is 22.5 Å². The summed E-state index contributed by atoms with van der Waals surface area (Å²) in [5.41, 5.74) is 1.89. The second-order valence-electron chi connectivity index (χ2n) is 8.39. The first kappa shape index (κ1) is 23.8. The minimum Gasteiger partial charge on any atom is -0.329 e. The third-order valence-electron chi connectivity index (χ3n) is 6.17. The lowest BCUT2D eigenvalue weighted by Crippen LogP contribution is -2.38. The van der Waals surface area contributed by atoms with Crippen molar-refractivity contribution in [1.29, 1.82) is 0 Å². The van der Waals surface area contributed by atoms with Crippen molar-refractivity contribution in [3.05, 3.63) is 116 Å². The van der Waals surface area contributed by atoms with Crippen molar-refractivity contribution in [3.63, 3.8) is 0 Å². The summed E-state index contributed by atoms with van der Waals surface area (Å²) in [6.45, 7) is 5.92. The van der Waals surface area contributed by atoms with Gasteiger partial charge in [-0.2, -0.15) is 0 Å². The van der Waals surface area contributed by atoms with Gasteiger partial charge in [-0.15, -0.1) is 0 Å². The van der Waals surface area contributed by atoms with Crippen LogP contribution in [0.1, 0.15) is 47.2 Å². The Morgan fingerprint density at radius 3 is 2.46 bits per heavy atom. The minimum atomic E-state index is -0.561. The van der Waals surface area contributed by atoms with Gasteiger partial charge in [0.1, 0.15) is 5.82 Å². The van der Waals surface area contributed by atoms with Crippen LogP contribution in [0.2, 0.25) is 0 Å². The second kappa shape index (κ2) is 9.89. The number of rotatable bonds is 7. The Kier molecular flexibility index (Phi) is 6.73. The summed E-state index contributed by atoms with van der Waals surface area (Å²) in [4.78, 5) is 44.3. The minimum absolute atomic E-state index is 0.107. The number of nitro benzene ring substituents is 1. The van der Waals surface area contributed by atoms with Gasteiger partial charge >= 0.3 is 0 Å². The van der Waals surface area contributed by atoms with Crippen LogP contribution in [0.15, 0.2) is 77.6 Å². The molecule has 4 rings (SSSR count). The predicted octanol–water partition coefficient (Wildman–Crippen LogP) is 4.88. The van der Waals surface area contributed by atoms with E-state index in [1.807, 2.05) is 50.2 Å². The van der Waals surface area contributed by atoms with E-state index >= 15 is 0 Å². The van der Waals surface area contributed by atoms with E-state index in [0.29, 0.717) is 35.4 Å². The lowest BCUT2D eigenvalue weighted by molar-refractivity contribution is -0.385. The zero-order valence-corrected chi connectivity index (χ0v) is 19.8. The molecule has 1 amide bonds. The summed E-state index contributed by atoms with van der Waals surface area (Å²) in [6, 6.07) is 20.6. The van der Waals surface area contributed by atoms with Crippen molar-refractivity contribution in [3.8, 4) is 0 Å². The molecule has 1 aromatic heterocycles. The average molecular weight is 471 g/mol. The van der Waals surface area contributed by atoms with Crippen LogP contribution >= 0.6 is 0 Å². The quantitative estimate of drug-likeness (QED) is 0.283. The molecule has 0 aliphatic carbocycles. The Morgan fingerprint density at radius 2 is 1.77 bits per heavy atom. The summed E-state index contributed by atoms with van der Waals surface area (Å²) in [6.07, 6.45) is 0. The Morgan fingerprint density at radius 1 is 1.09 bits per heavy atom. The number of amides is 1. The summed E-state index contributed by atoms with van der Waals surface area (Å²) in [5, 5.41) is 11.9. The van der Waals surface area contributed by atoms with Crippen molar-refractivity contribution < 1.29 is 9.72 Å². The van der Waals surface area contributed by atoms with Gasteiger partial charge in [0, 0.05) is 23.7 Å². The third kappa shape index (κ3) is 4.68. The predicted molar refractivity (Wildman–Crippen MR) is 135 cm³/mol. The molecule has 0 aliphatic rings. The number of hydrogen-bond acceptors (Lipinski definition) is 5. The van der Waals surface area contributed by atoms with Crippen molar-refractivity contribution in [1.82, 2.24) is 14.5 Å². The van der Waals surface area contributed by atoms with Crippen LogP contribution in [0.25, 0.3) is 10.9 Å². The third-order valence-corrected chi connectivity index (χ3v) is 6.17. The monoisotopic (exact) mass is 470 g/mol. The largest absolute Gasteiger partial charge is 0.329 e. The van der Waals surface area contributed by atoms with Gasteiger partial charge in [-0.1, -0.05) is 48.5 Å². The molecule has 0 saturated carbocycles. The molecule has 8 heteroatoms. The smallest absolute Gasteiger partial charge is 0.273 e. The van der Waals surface area contributed by atoms with Crippen LogP contribution < -0.4 is 5.56 Å². The maximum Gasteiger partial charge on any atom is 0.273 e. The standard InChI is InChI=1S/C27H26N4O4/c1-4-29(26(32)21-15-14-18(2)24(16-21)31(34)35)19(3)25-28-23-13-9-8-12-22(23)27(33)30(25)17-20-10-6-5-7-11-20/h5-16,19H,4,17H2,1-3H3. The Hall–Kier alpha value is -4.33. The molecular weight excluding hydrogens is 444 g/mol. The lowest BCUT2D eigenvalue weighted by atomic mass is 10.1. The molecule has 0 aliphatic heterocycles. The molecule has 35 heavy (non-hydrogen) atoms. The highest BCUT2D eigenvalue weighted by Crippen LogP contribution is 2.25. The SMILES string of the molecule is CCN(C(=O)c1ccc(C)c([N+](=O)[O-])c1)C(C)c1nc2ccccc2c(=O)n1Cc1ccccc1. The fourth-order valence-electron chi connectivity index (χ4n) is 4.26. The van der Waals surface area contributed by atoms with Crippen LogP contribution in [0.5, 0.6) is 0 Å². The Bertz CT molecular complexity index is 1460. The average Bonchev–Trinajstić information content (AvgIpc) is 2.86. The van der Waals surface area contributed by atoms with Crippen LogP contribution in [-0.2, 0) is 6.54 Å². The highest BCUT2D eigenvalue weighted by atomic mass is 16.6. The molecule has 0 spiro atoms. The summed E-state index contributed by atoms with van der Waals surface area (Å²) < 4.78 is 1.61. The molecule has 0 fully saturated rings. The van der Waals surface area contributed by atoms with E-state index in [4.69, 9.17) is 4.98 Å². The molecular formula is C27H26N4O4. The highest BCUT2D eigenvalue weighted by molar-refractivity contribution is 5.95. The molecule has 1 unspecified atom stereocenters. The van der Waals surface area contributed by atoms with Gasteiger partial charge in [-0.05, 0) is 44.5 Å². The fraction of sp³-hybridized carbons (Fsp3) is 0.222. The number of benzene rings is 3. The zero-order chi connectivity index (χ0) is 25.1. The van der Waals surface area contributed by atoms with E-state index in [-0.39, 0.29) is 22.7 Å². The van der Waals surface area contributed by atoms with Crippen LogP contribution in [0, 0.1) is 17.0 Å². The summed E-state index contributed by atoms with van der Waals surface area (Å²) in [7, 11) is 0. The van der Waals surface area contributed by atoms with Crippen molar-refractivity contribution in [2.45, 2.75) is 33.4 Å². The fourth-order valence-corrected chi connectivity index (χ4v) is 4.26. The van der Waals surface area contributed by atoms with Gasteiger partial charge in [0.2, 0.25) is 0 Å². The van der Waals surface area contributed by atoms with E-state index < -0.39 is 11.0 Å². The lowest BCUT2D eigenvalue weighted by Gasteiger charge is -2.29. The van der Waals surface area contributed by atoms with E-state index in [0.717, 1.165) is 5.56 Å². The highest BCUT2D eigenvalue weighted by Gasteiger charge is 2.27. The number of hydrogen-bond donors (Lipinski definition) is 0. The molecule has 178 valence electrons. The number of para-hydroxylation sites is 1. The van der Waals surface area contributed by atoms with Crippen molar-refractivity contribution in [2.75, 3.05) is 6.54 Å². The van der Waals surface area contributed by atoms with Gasteiger partial charge in [0.15, 0.2) is 0 Å². The molecule has 0 N–H and O–H groups in total. The molecule has 3 aromatic carbocycles. The van der Waals surface area contributed by atoms with Gasteiger partial charge in [0.05, 0.1) is 28.4 Å². The van der Waals surface area contributed by atoms with Crippen molar-refractivity contribution in [2.24, 2.45) is 0 Å². The molecule has 4 aromatic rings. The summed E-state index contributed by atoms with van der Waals surface area (Å²) in [5.74, 6) is 0.0890. The molecule has 1 heterocycles. The first-order valence-corrected chi connectivity index (χ1v) is 11.4. The molecule has 0 saturated heterocycles. The van der Waals surface area contributed by atoms with E-state index in [2.05, 4.69) is 0 Å². The van der Waals surface area contributed by atoms with Gasteiger partial charge in [-0.25, -0.2) is 4.98 Å². The van der Waals surface area contributed by atoms with Crippen LogP contribution in [-0.4, -0.2) is 31.8 Å². The zero-order valence-electron chi connectivity index (χ0n) is 19.8. The Labute approximate surface area is 202 Å². The van der Waals surface area contributed by atoms with Gasteiger partial charge in [0.25, 0.3) is 17.2 Å². The molecule has 0 radical (unpaired) electrons. The molecule has 1 atom stereocenters. The number of carbonyl (C=O) groups excluding carboxylic acids is 1. The van der Waals surface area contributed by atoms with Gasteiger partial charge in [-0.3, -0.25) is 24.3 Å². The van der Waals surface area contributed by atoms with E-state index in [1.165, 1.54) is 6.07 Å². The maximum absolute atomic E-state index is 13.5. The van der Waals surface area contributed by atoms with E-state index in [9.17, 15) is 19.7 Å².